The minimum Gasteiger partial charge on any atom is -0.457 e. The molecule has 0 bridgehead atoms. The summed E-state index contributed by atoms with van der Waals surface area (Å²) in [7, 11) is 0. The fourth-order valence-corrected chi connectivity index (χ4v) is 2.65. The Hall–Kier alpha value is -1.56. The summed E-state index contributed by atoms with van der Waals surface area (Å²) in [6.45, 7) is 0. The number of hydrogen-bond acceptors (Lipinski definition) is 4. The van der Waals surface area contributed by atoms with E-state index in [-0.39, 0.29) is 5.84 Å². The molecule has 110 valence electrons. The van der Waals surface area contributed by atoms with Crippen LogP contribution in [-0.2, 0) is 0 Å². The predicted octanol–water partition coefficient (Wildman–Crippen LogP) is 4.60. The highest BCUT2D eigenvalue weighted by atomic mass is 35.5. The monoisotopic (exact) mass is 342 g/mol. The van der Waals surface area contributed by atoms with Gasteiger partial charge in [0, 0.05) is 11.0 Å². The van der Waals surface area contributed by atoms with Gasteiger partial charge in [-0.2, -0.15) is 0 Å². The van der Waals surface area contributed by atoms with Gasteiger partial charge < -0.3 is 15.7 Å². The van der Waals surface area contributed by atoms with Crippen LogP contribution < -0.4 is 10.5 Å². The molecule has 3 N–H and O–H groups in total. The Balaban J connectivity index is 2.46. The topological polar surface area (TPSA) is 67.8 Å². The summed E-state index contributed by atoms with van der Waals surface area (Å²) < 4.78 is 5.78. The van der Waals surface area contributed by atoms with E-state index in [1.807, 2.05) is 18.4 Å². The van der Waals surface area contributed by atoms with Gasteiger partial charge in [0.05, 0.1) is 15.6 Å². The lowest BCUT2D eigenvalue weighted by Gasteiger charge is -2.13. The average molecular weight is 343 g/mol. The number of benzene rings is 2. The van der Waals surface area contributed by atoms with Crippen LogP contribution in [0.1, 0.15) is 5.56 Å². The standard InChI is InChI=1S/C14H12Cl2N2O2S/c1-21-12-4-2-3-11(13(12)14(17)18-19)20-8-5-6-9(15)10(16)7-8/h2-7,19H,1H3,(H2,17,18). The molecule has 0 aliphatic rings. The Morgan fingerprint density at radius 1 is 1.24 bits per heavy atom. The van der Waals surface area contributed by atoms with E-state index in [1.54, 1.807) is 24.3 Å². The second kappa shape index (κ2) is 6.93. The van der Waals surface area contributed by atoms with Gasteiger partial charge in [0.25, 0.3) is 0 Å². The average Bonchev–Trinajstić information content (AvgIpc) is 2.50. The Morgan fingerprint density at radius 2 is 2.00 bits per heavy atom. The molecule has 0 amide bonds. The highest BCUT2D eigenvalue weighted by molar-refractivity contribution is 7.98. The van der Waals surface area contributed by atoms with Crippen molar-refractivity contribution >= 4 is 40.8 Å². The normalized spacial score (nSPS) is 11.5. The molecule has 2 aromatic carbocycles. The van der Waals surface area contributed by atoms with Gasteiger partial charge in [-0.15, -0.1) is 11.8 Å². The summed E-state index contributed by atoms with van der Waals surface area (Å²) in [5.74, 6) is 0.959. The lowest BCUT2D eigenvalue weighted by molar-refractivity contribution is 0.318. The summed E-state index contributed by atoms with van der Waals surface area (Å²) in [5.41, 5.74) is 6.27. The number of oxime groups is 1. The zero-order chi connectivity index (χ0) is 15.4. The van der Waals surface area contributed by atoms with E-state index >= 15 is 0 Å². The van der Waals surface area contributed by atoms with Crippen LogP contribution in [0.3, 0.4) is 0 Å². The van der Waals surface area contributed by atoms with Crippen LogP contribution in [0, 0.1) is 0 Å². The van der Waals surface area contributed by atoms with Crippen molar-refractivity contribution in [3.8, 4) is 11.5 Å². The largest absolute Gasteiger partial charge is 0.457 e. The number of hydrogen-bond donors (Lipinski definition) is 2. The maximum Gasteiger partial charge on any atom is 0.175 e. The molecule has 0 saturated heterocycles. The van der Waals surface area contributed by atoms with Gasteiger partial charge in [0.2, 0.25) is 0 Å². The molecular formula is C14H12Cl2N2O2S. The second-order valence-electron chi connectivity index (χ2n) is 4.00. The fraction of sp³-hybridized carbons (Fsp3) is 0.0714. The summed E-state index contributed by atoms with van der Waals surface area (Å²) >= 11 is 13.3. The molecule has 0 unspecified atom stereocenters. The predicted molar refractivity (Wildman–Crippen MR) is 87.3 cm³/mol. The first kappa shape index (κ1) is 15.8. The molecule has 0 aliphatic heterocycles. The molecule has 0 aliphatic carbocycles. The van der Waals surface area contributed by atoms with Crippen LogP contribution in [-0.4, -0.2) is 17.3 Å². The third-order valence-electron chi connectivity index (χ3n) is 2.69. The van der Waals surface area contributed by atoms with Gasteiger partial charge in [0.15, 0.2) is 5.84 Å². The molecule has 7 heteroatoms. The molecule has 0 atom stereocenters. The Morgan fingerprint density at radius 3 is 2.62 bits per heavy atom. The van der Waals surface area contributed by atoms with Gasteiger partial charge >= 0.3 is 0 Å². The number of nitrogens with zero attached hydrogens (tertiary/aromatic N) is 1. The van der Waals surface area contributed by atoms with E-state index in [9.17, 15) is 0 Å². The SMILES string of the molecule is CSc1cccc(Oc2ccc(Cl)c(Cl)c2)c1/C(N)=N/O. The Bertz CT molecular complexity index is 693. The van der Waals surface area contributed by atoms with Crippen molar-refractivity contribution in [3.63, 3.8) is 0 Å². The van der Waals surface area contributed by atoms with Crippen molar-refractivity contribution < 1.29 is 9.94 Å². The third-order valence-corrected chi connectivity index (χ3v) is 4.21. The summed E-state index contributed by atoms with van der Waals surface area (Å²) in [6, 6.07) is 10.4. The lowest BCUT2D eigenvalue weighted by atomic mass is 10.2. The zero-order valence-electron chi connectivity index (χ0n) is 11.0. The van der Waals surface area contributed by atoms with Crippen LogP contribution >= 0.6 is 35.0 Å². The number of rotatable bonds is 4. The molecule has 2 rings (SSSR count). The highest BCUT2D eigenvalue weighted by Gasteiger charge is 2.14. The van der Waals surface area contributed by atoms with Crippen LogP contribution in [0.25, 0.3) is 0 Å². The molecule has 0 spiro atoms. The molecular weight excluding hydrogens is 331 g/mol. The van der Waals surface area contributed by atoms with Crippen molar-refractivity contribution in [1.82, 2.24) is 0 Å². The number of amidine groups is 1. The van der Waals surface area contributed by atoms with E-state index in [0.717, 1.165) is 4.90 Å². The number of ether oxygens (including phenoxy) is 1. The molecule has 0 aromatic heterocycles. The molecule has 21 heavy (non-hydrogen) atoms. The minimum absolute atomic E-state index is 0.0185. The molecule has 4 nitrogen and oxygen atoms in total. The molecule has 0 fully saturated rings. The molecule has 2 aromatic rings. The first-order chi connectivity index (χ1) is 10.1. The molecule has 0 saturated carbocycles. The molecule has 0 heterocycles. The van der Waals surface area contributed by atoms with Crippen molar-refractivity contribution in [1.29, 1.82) is 0 Å². The number of thioether (sulfide) groups is 1. The number of halogens is 2. The van der Waals surface area contributed by atoms with Crippen LogP contribution in [0.4, 0.5) is 0 Å². The van der Waals surface area contributed by atoms with Crippen LogP contribution in [0.2, 0.25) is 10.0 Å². The maximum absolute atomic E-state index is 8.94. The summed E-state index contributed by atoms with van der Waals surface area (Å²) in [6.07, 6.45) is 1.90. The van der Waals surface area contributed by atoms with Gasteiger partial charge in [0.1, 0.15) is 11.5 Å². The lowest BCUT2D eigenvalue weighted by Crippen LogP contribution is -2.15. The molecule has 0 radical (unpaired) electrons. The Labute approximate surface area is 136 Å². The first-order valence-corrected chi connectivity index (χ1v) is 7.82. The van der Waals surface area contributed by atoms with E-state index in [0.29, 0.717) is 27.1 Å². The van der Waals surface area contributed by atoms with Crippen molar-refractivity contribution in [3.05, 3.63) is 52.0 Å². The van der Waals surface area contributed by atoms with Crippen LogP contribution in [0.5, 0.6) is 11.5 Å². The minimum atomic E-state index is -0.0185. The summed E-state index contributed by atoms with van der Waals surface area (Å²) in [4.78, 5) is 0.836. The zero-order valence-corrected chi connectivity index (χ0v) is 13.3. The van der Waals surface area contributed by atoms with E-state index in [2.05, 4.69) is 5.16 Å². The van der Waals surface area contributed by atoms with Gasteiger partial charge in [-0.05, 0) is 30.5 Å². The van der Waals surface area contributed by atoms with Gasteiger partial charge in [-0.25, -0.2) is 0 Å². The van der Waals surface area contributed by atoms with Crippen molar-refractivity contribution in [2.75, 3.05) is 6.26 Å². The van der Waals surface area contributed by atoms with Crippen LogP contribution in [0.15, 0.2) is 46.4 Å². The summed E-state index contributed by atoms with van der Waals surface area (Å²) in [5, 5.41) is 12.8. The third kappa shape index (κ3) is 3.56. The Kier molecular flexibility index (Phi) is 5.22. The van der Waals surface area contributed by atoms with Gasteiger partial charge in [-0.1, -0.05) is 34.4 Å². The quantitative estimate of drug-likeness (QED) is 0.280. The van der Waals surface area contributed by atoms with Crippen molar-refractivity contribution in [2.24, 2.45) is 10.9 Å². The van der Waals surface area contributed by atoms with E-state index < -0.39 is 0 Å². The smallest absolute Gasteiger partial charge is 0.175 e. The number of nitrogens with two attached hydrogens (primary N) is 1. The fourth-order valence-electron chi connectivity index (χ4n) is 1.74. The second-order valence-corrected chi connectivity index (χ2v) is 5.66. The van der Waals surface area contributed by atoms with Gasteiger partial charge in [-0.3, -0.25) is 0 Å². The highest BCUT2D eigenvalue weighted by Crippen LogP contribution is 2.34. The maximum atomic E-state index is 8.94. The first-order valence-electron chi connectivity index (χ1n) is 5.84. The van der Waals surface area contributed by atoms with E-state index in [4.69, 9.17) is 38.9 Å². The van der Waals surface area contributed by atoms with Crippen molar-refractivity contribution in [2.45, 2.75) is 4.90 Å². The van der Waals surface area contributed by atoms with E-state index in [1.165, 1.54) is 11.8 Å².